The molecule has 0 radical (unpaired) electrons. The minimum absolute atomic E-state index is 0.193. The van der Waals surface area contributed by atoms with Crippen LogP contribution in [0.25, 0.3) is 0 Å². The lowest BCUT2D eigenvalue weighted by Crippen LogP contribution is -2.37. The first kappa shape index (κ1) is 18.4. The summed E-state index contributed by atoms with van der Waals surface area (Å²) in [5, 5.41) is 0. The molecule has 0 N–H and O–H groups in total. The van der Waals surface area contributed by atoms with Crippen molar-refractivity contribution in [3.05, 3.63) is 35.6 Å². The summed E-state index contributed by atoms with van der Waals surface area (Å²) in [5.41, 5.74) is 1.17. The number of amides is 1. The molecule has 2 heterocycles. The molecule has 25 heavy (non-hydrogen) atoms. The lowest BCUT2D eigenvalue weighted by atomic mass is 9.88. The molecule has 1 amide bonds. The molecule has 0 bridgehead atoms. The van der Waals surface area contributed by atoms with Gasteiger partial charge in [-0.3, -0.25) is 4.79 Å². The number of likely N-dealkylation sites (tertiary alicyclic amines) is 2. The second kappa shape index (κ2) is 8.31. The van der Waals surface area contributed by atoms with Gasteiger partial charge in [0.15, 0.2) is 0 Å². The van der Waals surface area contributed by atoms with Crippen molar-refractivity contribution >= 4 is 5.91 Å². The van der Waals surface area contributed by atoms with Gasteiger partial charge in [0.1, 0.15) is 5.82 Å². The Kier molecular flexibility index (Phi) is 6.10. The molecule has 0 spiro atoms. The smallest absolute Gasteiger partial charge is 0.222 e. The van der Waals surface area contributed by atoms with Gasteiger partial charge in [0.05, 0.1) is 0 Å². The van der Waals surface area contributed by atoms with Gasteiger partial charge in [0.25, 0.3) is 0 Å². The van der Waals surface area contributed by atoms with Gasteiger partial charge in [-0.15, -0.1) is 0 Å². The van der Waals surface area contributed by atoms with Crippen molar-refractivity contribution in [2.24, 2.45) is 11.8 Å². The number of benzene rings is 1. The number of carbonyl (C=O) groups is 1. The van der Waals surface area contributed by atoms with Crippen LogP contribution in [0.4, 0.5) is 4.39 Å². The van der Waals surface area contributed by atoms with Crippen molar-refractivity contribution in [2.45, 2.75) is 45.4 Å². The Balaban J connectivity index is 1.73. The second-order valence-electron chi connectivity index (χ2n) is 8.18. The second-order valence-corrected chi connectivity index (χ2v) is 8.18. The number of nitrogens with zero attached hydrogens (tertiary/aromatic N) is 2. The summed E-state index contributed by atoms with van der Waals surface area (Å²) in [6.07, 6.45) is 4.52. The van der Waals surface area contributed by atoms with Crippen LogP contribution in [0.2, 0.25) is 0 Å². The first-order chi connectivity index (χ1) is 12.0. The highest BCUT2D eigenvalue weighted by Gasteiger charge is 2.37. The highest BCUT2D eigenvalue weighted by Crippen LogP contribution is 2.34. The minimum Gasteiger partial charge on any atom is -0.342 e. The van der Waals surface area contributed by atoms with Gasteiger partial charge in [-0.25, -0.2) is 4.39 Å². The Bertz CT molecular complexity index is 566. The van der Waals surface area contributed by atoms with E-state index in [-0.39, 0.29) is 11.7 Å². The number of hydrogen-bond donors (Lipinski definition) is 0. The maximum atomic E-state index is 13.3. The van der Waals surface area contributed by atoms with Crippen LogP contribution in [0.1, 0.15) is 51.0 Å². The topological polar surface area (TPSA) is 23.6 Å². The average Bonchev–Trinajstić information content (AvgIpc) is 3.00. The molecule has 2 saturated heterocycles. The van der Waals surface area contributed by atoms with Gasteiger partial charge in [-0.05, 0) is 55.5 Å². The largest absolute Gasteiger partial charge is 0.342 e. The maximum Gasteiger partial charge on any atom is 0.222 e. The first-order valence-corrected chi connectivity index (χ1v) is 9.78. The summed E-state index contributed by atoms with van der Waals surface area (Å²) in [6.45, 7) is 9.19. The van der Waals surface area contributed by atoms with E-state index in [2.05, 4.69) is 18.7 Å². The van der Waals surface area contributed by atoms with E-state index in [0.29, 0.717) is 24.2 Å². The van der Waals surface area contributed by atoms with Crippen molar-refractivity contribution in [1.82, 2.24) is 9.80 Å². The molecule has 1 aromatic carbocycles. The molecule has 2 fully saturated rings. The van der Waals surface area contributed by atoms with Gasteiger partial charge < -0.3 is 9.80 Å². The Hall–Kier alpha value is -1.42. The monoisotopic (exact) mass is 346 g/mol. The molecule has 2 atom stereocenters. The van der Waals surface area contributed by atoms with E-state index < -0.39 is 0 Å². The SMILES string of the molecule is CC(C)CC(=O)N1CC(CN2CCCCC2)C(c2ccc(F)cc2)C1. The molecule has 138 valence electrons. The molecule has 3 nitrogen and oxygen atoms in total. The number of rotatable bonds is 5. The van der Waals surface area contributed by atoms with Gasteiger partial charge in [0.2, 0.25) is 5.91 Å². The minimum atomic E-state index is -0.193. The third-order valence-electron chi connectivity index (χ3n) is 5.62. The van der Waals surface area contributed by atoms with Crippen molar-refractivity contribution in [2.75, 3.05) is 32.7 Å². The molecule has 0 aliphatic carbocycles. The quantitative estimate of drug-likeness (QED) is 0.807. The normalized spacial score (nSPS) is 24.9. The van der Waals surface area contributed by atoms with E-state index in [9.17, 15) is 9.18 Å². The fourth-order valence-corrected chi connectivity index (χ4v) is 4.30. The zero-order valence-corrected chi connectivity index (χ0v) is 15.6. The highest BCUT2D eigenvalue weighted by atomic mass is 19.1. The summed E-state index contributed by atoms with van der Waals surface area (Å²) in [4.78, 5) is 17.2. The number of carbonyl (C=O) groups excluding carboxylic acids is 1. The Morgan fingerprint density at radius 3 is 2.44 bits per heavy atom. The lowest BCUT2D eigenvalue weighted by molar-refractivity contribution is -0.131. The highest BCUT2D eigenvalue weighted by molar-refractivity contribution is 5.76. The van der Waals surface area contributed by atoms with E-state index in [0.717, 1.165) is 19.6 Å². The first-order valence-electron chi connectivity index (χ1n) is 9.78. The standard InChI is InChI=1S/C21H31FN2O/c1-16(2)12-21(25)24-14-18(13-23-10-4-3-5-11-23)20(15-24)17-6-8-19(22)9-7-17/h6-9,16,18,20H,3-5,10-15H2,1-2H3. The number of halogens is 1. The molecule has 4 heteroatoms. The van der Waals surface area contributed by atoms with Gasteiger partial charge in [-0.1, -0.05) is 32.4 Å². The summed E-state index contributed by atoms with van der Waals surface area (Å²) in [5.74, 6) is 1.22. The summed E-state index contributed by atoms with van der Waals surface area (Å²) in [7, 11) is 0. The summed E-state index contributed by atoms with van der Waals surface area (Å²) < 4.78 is 13.3. The zero-order valence-electron chi connectivity index (χ0n) is 15.6. The van der Waals surface area contributed by atoms with Crippen LogP contribution in [-0.4, -0.2) is 48.4 Å². The third kappa shape index (κ3) is 4.81. The molecule has 2 unspecified atom stereocenters. The van der Waals surface area contributed by atoms with Crippen LogP contribution in [0.15, 0.2) is 24.3 Å². The van der Waals surface area contributed by atoms with Crippen LogP contribution in [0.5, 0.6) is 0 Å². The molecule has 0 aromatic heterocycles. The van der Waals surface area contributed by atoms with Crippen LogP contribution in [0.3, 0.4) is 0 Å². The molecular weight excluding hydrogens is 315 g/mol. The molecule has 2 aliphatic heterocycles. The molecule has 0 saturated carbocycles. The predicted molar refractivity (Wildman–Crippen MR) is 99.0 cm³/mol. The Labute approximate surface area is 151 Å². The zero-order chi connectivity index (χ0) is 17.8. The van der Waals surface area contributed by atoms with Crippen LogP contribution in [0, 0.1) is 17.7 Å². The molecule has 2 aliphatic rings. The van der Waals surface area contributed by atoms with E-state index >= 15 is 0 Å². The van der Waals surface area contributed by atoms with Crippen molar-refractivity contribution in [3.8, 4) is 0 Å². The van der Waals surface area contributed by atoms with E-state index in [1.165, 1.54) is 37.9 Å². The van der Waals surface area contributed by atoms with Crippen molar-refractivity contribution in [3.63, 3.8) is 0 Å². The fraction of sp³-hybridized carbons (Fsp3) is 0.667. The summed E-state index contributed by atoms with van der Waals surface area (Å²) >= 11 is 0. The fourth-order valence-electron chi connectivity index (χ4n) is 4.30. The van der Waals surface area contributed by atoms with E-state index in [1.807, 2.05) is 17.0 Å². The number of piperidine rings is 1. The van der Waals surface area contributed by atoms with Crippen molar-refractivity contribution in [1.29, 1.82) is 0 Å². The van der Waals surface area contributed by atoms with Crippen LogP contribution >= 0.6 is 0 Å². The predicted octanol–water partition coefficient (Wildman–Crippen LogP) is 3.90. The number of hydrogen-bond acceptors (Lipinski definition) is 2. The Morgan fingerprint density at radius 2 is 1.80 bits per heavy atom. The van der Waals surface area contributed by atoms with E-state index in [4.69, 9.17) is 0 Å². The van der Waals surface area contributed by atoms with Gasteiger partial charge >= 0.3 is 0 Å². The Morgan fingerprint density at radius 1 is 1.12 bits per heavy atom. The third-order valence-corrected chi connectivity index (χ3v) is 5.62. The lowest BCUT2D eigenvalue weighted by Gasteiger charge is -2.31. The van der Waals surface area contributed by atoms with Crippen LogP contribution in [-0.2, 0) is 4.79 Å². The average molecular weight is 346 g/mol. The van der Waals surface area contributed by atoms with Gasteiger partial charge in [-0.2, -0.15) is 0 Å². The summed E-state index contributed by atoms with van der Waals surface area (Å²) in [6, 6.07) is 6.90. The van der Waals surface area contributed by atoms with E-state index in [1.54, 1.807) is 12.1 Å². The molecular formula is C21H31FN2O. The van der Waals surface area contributed by atoms with Gasteiger partial charge in [0, 0.05) is 32.0 Å². The maximum absolute atomic E-state index is 13.3. The molecule has 3 rings (SSSR count). The van der Waals surface area contributed by atoms with Crippen molar-refractivity contribution < 1.29 is 9.18 Å². The molecule has 1 aromatic rings. The van der Waals surface area contributed by atoms with Crippen LogP contribution < -0.4 is 0 Å².